The zero-order valence-corrected chi connectivity index (χ0v) is 10.7. The van der Waals surface area contributed by atoms with Gasteiger partial charge in [0.15, 0.2) is 0 Å². The highest BCUT2D eigenvalue weighted by Crippen LogP contribution is 2.37. The molecule has 0 saturated heterocycles. The second kappa shape index (κ2) is 4.77. The third kappa shape index (κ3) is 2.99. The van der Waals surface area contributed by atoms with E-state index in [2.05, 4.69) is 0 Å². The molecule has 2 rings (SSSR count). The molecule has 5 heteroatoms. The van der Waals surface area contributed by atoms with Gasteiger partial charge in [-0.1, -0.05) is 18.2 Å². The summed E-state index contributed by atoms with van der Waals surface area (Å²) in [6.45, 7) is 0. The molecule has 3 nitrogen and oxygen atoms in total. The third-order valence-electron chi connectivity index (χ3n) is 2.43. The van der Waals surface area contributed by atoms with Gasteiger partial charge in [-0.05, 0) is 30.2 Å². The van der Waals surface area contributed by atoms with Crippen LogP contribution in [0.5, 0.6) is 0 Å². The first-order chi connectivity index (χ1) is 7.56. The number of thioether (sulfide) groups is 1. The molecule has 0 fully saturated rings. The van der Waals surface area contributed by atoms with E-state index in [-0.39, 0.29) is 6.10 Å². The van der Waals surface area contributed by atoms with Crippen LogP contribution in [0.15, 0.2) is 29.2 Å². The number of fused-ring (bicyclic) bond motifs is 1. The van der Waals surface area contributed by atoms with E-state index in [9.17, 15) is 8.42 Å². The average molecular weight is 258 g/mol. The lowest BCUT2D eigenvalue weighted by Crippen LogP contribution is -2.10. The Morgan fingerprint density at radius 3 is 2.88 bits per heavy atom. The minimum absolute atomic E-state index is 0.318. The van der Waals surface area contributed by atoms with E-state index in [1.807, 2.05) is 24.3 Å². The second-order valence-electron chi connectivity index (χ2n) is 3.82. The first kappa shape index (κ1) is 12.0. The van der Waals surface area contributed by atoms with Crippen molar-refractivity contribution in [1.82, 2.24) is 0 Å². The van der Waals surface area contributed by atoms with Gasteiger partial charge < -0.3 is 0 Å². The Kier molecular flexibility index (Phi) is 3.56. The first-order valence-electron chi connectivity index (χ1n) is 5.16. The van der Waals surface area contributed by atoms with E-state index in [0.717, 1.165) is 35.3 Å². The van der Waals surface area contributed by atoms with Gasteiger partial charge in [0.05, 0.1) is 6.26 Å². The summed E-state index contributed by atoms with van der Waals surface area (Å²) in [5.41, 5.74) is 0.996. The Labute approximate surface area is 100 Å². The SMILES string of the molecule is CS(=O)(=O)O[C@H]1CCCSc2ccccc21. The minimum atomic E-state index is -3.39. The van der Waals surface area contributed by atoms with E-state index in [1.54, 1.807) is 11.8 Å². The Hall–Kier alpha value is -0.520. The summed E-state index contributed by atoms with van der Waals surface area (Å²) < 4.78 is 27.5. The van der Waals surface area contributed by atoms with Gasteiger partial charge in [0.1, 0.15) is 6.10 Å². The van der Waals surface area contributed by atoms with Crippen molar-refractivity contribution >= 4 is 21.9 Å². The number of rotatable bonds is 2. The molecule has 0 N–H and O–H groups in total. The largest absolute Gasteiger partial charge is 0.264 e. The van der Waals surface area contributed by atoms with E-state index in [1.165, 1.54) is 0 Å². The predicted molar refractivity (Wildman–Crippen MR) is 65.1 cm³/mol. The predicted octanol–water partition coefficient (Wildman–Crippen LogP) is 2.59. The van der Waals surface area contributed by atoms with Crippen LogP contribution in [0, 0.1) is 0 Å². The minimum Gasteiger partial charge on any atom is -0.262 e. The maximum absolute atomic E-state index is 11.2. The Morgan fingerprint density at radius 2 is 2.12 bits per heavy atom. The maximum atomic E-state index is 11.2. The van der Waals surface area contributed by atoms with Crippen LogP contribution in [-0.2, 0) is 14.3 Å². The quantitative estimate of drug-likeness (QED) is 0.765. The molecule has 0 saturated carbocycles. The molecule has 1 aliphatic heterocycles. The van der Waals surface area contributed by atoms with Crippen LogP contribution in [0.1, 0.15) is 24.5 Å². The van der Waals surface area contributed by atoms with Crippen LogP contribution in [0.25, 0.3) is 0 Å². The van der Waals surface area contributed by atoms with Crippen molar-refractivity contribution in [1.29, 1.82) is 0 Å². The first-order valence-corrected chi connectivity index (χ1v) is 7.96. The summed E-state index contributed by atoms with van der Waals surface area (Å²) in [5, 5.41) is 0. The number of benzene rings is 1. The summed E-state index contributed by atoms with van der Waals surface area (Å²) in [5.74, 6) is 1.01. The van der Waals surface area contributed by atoms with Crippen LogP contribution >= 0.6 is 11.8 Å². The highest BCUT2D eigenvalue weighted by atomic mass is 32.2. The van der Waals surface area contributed by atoms with Crippen molar-refractivity contribution in [3.8, 4) is 0 Å². The fourth-order valence-corrected chi connectivity index (χ4v) is 3.49. The van der Waals surface area contributed by atoms with Crippen LogP contribution < -0.4 is 0 Å². The number of hydrogen-bond donors (Lipinski definition) is 0. The monoisotopic (exact) mass is 258 g/mol. The standard InChI is InChI=1S/C11H14O3S2/c1-16(12,13)14-10-6-4-8-15-11-7-3-2-5-9(10)11/h2-3,5,7,10H,4,6,8H2,1H3/t10-/m0/s1. The van der Waals surface area contributed by atoms with Gasteiger partial charge in [-0.25, -0.2) is 0 Å². The Balaban J connectivity index is 2.32. The lowest BCUT2D eigenvalue weighted by molar-refractivity contribution is 0.202. The normalized spacial score (nSPS) is 21.2. The smallest absolute Gasteiger partial charge is 0.262 e. The molecule has 0 aromatic heterocycles. The lowest BCUT2D eigenvalue weighted by atomic mass is 10.1. The van der Waals surface area contributed by atoms with Crippen molar-refractivity contribution in [2.24, 2.45) is 0 Å². The molecular weight excluding hydrogens is 244 g/mol. The molecule has 0 radical (unpaired) electrons. The van der Waals surface area contributed by atoms with Crippen LogP contribution in [0.3, 0.4) is 0 Å². The summed E-state index contributed by atoms with van der Waals surface area (Å²) in [6.07, 6.45) is 2.52. The van der Waals surface area contributed by atoms with Crippen LogP contribution in [-0.4, -0.2) is 20.4 Å². The summed E-state index contributed by atoms with van der Waals surface area (Å²) in [4.78, 5) is 1.13. The second-order valence-corrected chi connectivity index (χ2v) is 6.55. The van der Waals surface area contributed by atoms with Crippen molar-refractivity contribution in [3.05, 3.63) is 29.8 Å². The zero-order valence-electron chi connectivity index (χ0n) is 9.05. The Morgan fingerprint density at radius 1 is 1.38 bits per heavy atom. The lowest BCUT2D eigenvalue weighted by Gasteiger charge is -2.15. The fraction of sp³-hybridized carbons (Fsp3) is 0.455. The van der Waals surface area contributed by atoms with Crippen molar-refractivity contribution < 1.29 is 12.6 Å². The molecule has 1 aromatic carbocycles. The van der Waals surface area contributed by atoms with Gasteiger partial charge in [-0.2, -0.15) is 8.42 Å². The van der Waals surface area contributed by atoms with Crippen LogP contribution in [0.2, 0.25) is 0 Å². The summed E-state index contributed by atoms with van der Waals surface area (Å²) >= 11 is 1.76. The van der Waals surface area contributed by atoms with E-state index < -0.39 is 10.1 Å². The molecular formula is C11H14O3S2. The molecule has 0 unspecified atom stereocenters. The zero-order chi connectivity index (χ0) is 11.6. The highest BCUT2D eigenvalue weighted by molar-refractivity contribution is 7.99. The highest BCUT2D eigenvalue weighted by Gasteiger charge is 2.22. The molecule has 0 amide bonds. The van der Waals surface area contributed by atoms with Gasteiger partial charge in [0.2, 0.25) is 0 Å². The van der Waals surface area contributed by atoms with E-state index in [4.69, 9.17) is 4.18 Å². The molecule has 1 aromatic rings. The Bertz CT molecular complexity index is 468. The fourth-order valence-electron chi connectivity index (χ4n) is 1.80. The number of hydrogen-bond acceptors (Lipinski definition) is 4. The van der Waals surface area contributed by atoms with E-state index in [0.29, 0.717) is 0 Å². The maximum Gasteiger partial charge on any atom is 0.264 e. The topological polar surface area (TPSA) is 43.4 Å². The average Bonchev–Trinajstić information content (AvgIpc) is 2.39. The summed E-state index contributed by atoms with van der Waals surface area (Å²) in [6, 6.07) is 7.85. The molecule has 88 valence electrons. The van der Waals surface area contributed by atoms with Crippen molar-refractivity contribution in [2.45, 2.75) is 23.8 Å². The summed E-state index contributed by atoms with van der Waals surface area (Å²) in [7, 11) is -3.39. The molecule has 16 heavy (non-hydrogen) atoms. The van der Waals surface area contributed by atoms with Crippen LogP contribution in [0.4, 0.5) is 0 Å². The van der Waals surface area contributed by atoms with Gasteiger partial charge in [0, 0.05) is 4.90 Å². The van der Waals surface area contributed by atoms with Crippen molar-refractivity contribution in [2.75, 3.05) is 12.0 Å². The molecule has 1 heterocycles. The molecule has 0 aliphatic carbocycles. The molecule has 1 aliphatic rings. The van der Waals surface area contributed by atoms with E-state index >= 15 is 0 Å². The molecule has 0 spiro atoms. The van der Waals surface area contributed by atoms with Gasteiger partial charge in [-0.3, -0.25) is 4.18 Å². The van der Waals surface area contributed by atoms with Gasteiger partial charge in [0.25, 0.3) is 10.1 Å². The van der Waals surface area contributed by atoms with Crippen molar-refractivity contribution in [3.63, 3.8) is 0 Å². The third-order valence-corrected chi connectivity index (χ3v) is 4.18. The van der Waals surface area contributed by atoms with Gasteiger partial charge in [-0.15, -0.1) is 11.8 Å². The molecule has 1 atom stereocenters. The molecule has 0 bridgehead atoms. The van der Waals surface area contributed by atoms with Gasteiger partial charge >= 0.3 is 0 Å².